The van der Waals surface area contributed by atoms with Crippen molar-refractivity contribution in [2.75, 3.05) is 31.1 Å². The summed E-state index contributed by atoms with van der Waals surface area (Å²) >= 11 is 4.88. The molecule has 0 spiro atoms. The first kappa shape index (κ1) is 25.3. The van der Waals surface area contributed by atoms with E-state index in [-0.39, 0.29) is 5.56 Å². The predicted octanol–water partition coefficient (Wildman–Crippen LogP) is 4.96. The van der Waals surface area contributed by atoms with Crippen LogP contribution in [0.1, 0.15) is 38.1 Å². The molecule has 0 fully saturated rings. The molecule has 0 saturated carbocycles. The molecule has 0 atom stereocenters. The van der Waals surface area contributed by atoms with Gasteiger partial charge in [0.2, 0.25) is 5.36 Å². The molecule has 1 aliphatic carbocycles. The molecule has 2 aromatic rings. The van der Waals surface area contributed by atoms with Crippen molar-refractivity contribution in [3.8, 4) is 22.5 Å². The SMILES string of the molecule is CCN(CC)c1ccc2c(-c3c(N=C=S)cccc3C(=O)[O-])c3ccc(=[N+](CC)CC)cc-3oc2c1. The topological polar surface area (TPSA) is 71.9 Å². The molecule has 7 heteroatoms. The number of hydrogen-bond donors (Lipinski definition) is 0. The Kier molecular flexibility index (Phi) is 7.63. The number of carbonyl (C=O) groups excluding carboxylic acids is 1. The number of benzene rings is 3. The number of rotatable bonds is 8. The maximum atomic E-state index is 12.2. The number of fused-ring (bicyclic) bond motifs is 2. The van der Waals surface area contributed by atoms with E-state index in [1.165, 1.54) is 6.07 Å². The Bertz CT molecular complexity index is 1500. The van der Waals surface area contributed by atoms with E-state index in [9.17, 15) is 9.90 Å². The molecule has 36 heavy (non-hydrogen) atoms. The van der Waals surface area contributed by atoms with E-state index in [0.717, 1.165) is 48.2 Å². The lowest BCUT2D eigenvalue weighted by Gasteiger charge is -2.23. The van der Waals surface area contributed by atoms with Crippen LogP contribution in [0, 0.1) is 0 Å². The van der Waals surface area contributed by atoms with Gasteiger partial charge >= 0.3 is 0 Å². The molecule has 0 aromatic heterocycles. The Hall–Kier alpha value is -3.80. The summed E-state index contributed by atoms with van der Waals surface area (Å²) in [5, 5.41) is 16.4. The number of carboxylic acids is 1. The molecular formula is C29H29N3O3S. The monoisotopic (exact) mass is 499 g/mol. The molecule has 0 bridgehead atoms. The van der Waals surface area contributed by atoms with Gasteiger partial charge in [0, 0.05) is 58.5 Å². The van der Waals surface area contributed by atoms with Gasteiger partial charge in [-0.1, -0.05) is 12.1 Å². The molecule has 0 N–H and O–H groups in total. The van der Waals surface area contributed by atoms with Gasteiger partial charge in [-0.15, -0.1) is 0 Å². The predicted molar refractivity (Wildman–Crippen MR) is 147 cm³/mol. The van der Waals surface area contributed by atoms with E-state index in [1.807, 2.05) is 36.4 Å². The number of aromatic carboxylic acids is 1. The zero-order valence-electron chi connectivity index (χ0n) is 21.0. The lowest BCUT2D eigenvalue weighted by molar-refractivity contribution is -0.254. The number of nitrogens with zero attached hydrogens (tertiary/aromatic N) is 3. The molecule has 4 rings (SSSR count). The Labute approximate surface area is 216 Å². The van der Waals surface area contributed by atoms with Crippen molar-refractivity contribution in [1.29, 1.82) is 0 Å². The van der Waals surface area contributed by atoms with Crippen molar-refractivity contribution in [2.45, 2.75) is 27.7 Å². The molecule has 2 aromatic carbocycles. The number of carboxylic acid groups (broad SMARTS) is 1. The molecule has 0 radical (unpaired) electrons. The van der Waals surface area contributed by atoms with Crippen LogP contribution in [0.5, 0.6) is 0 Å². The van der Waals surface area contributed by atoms with Gasteiger partial charge in [0.15, 0.2) is 0 Å². The minimum absolute atomic E-state index is 0.0379. The van der Waals surface area contributed by atoms with E-state index >= 15 is 0 Å². The van der Waals surface area contributed by atoms with Crippen molar-refractivity contribution in [3.63, 3.8) is 0 Å². The minimum atomic E-state index is -1.28. The van der Waals surface area contributed by atoms with Crippen molar-refractivity contribution >= 4 is 45.7 Å². The quantitative estimate of drug-likeness (QED) is 0.148. The molecule has 1 aliphatic heterocycles. The van der Waals surface area contributed by atoms with Crippen LogP contribution in [-0.4, -0.2) is 37.3 Å². The van der Waals surface area contributed by atoms with Crippen LogP contribution in [0.15, 0.2) is 64.0 Å². The van der Waals surface area contributed by atoms with E-state index in [4.69, 9.17) is 16.6 Å². The fraction of sp³-hybridized carbons (Fsp3) is 0.276. The molecule has 184 valence electrons. The summed E-state index contributed by atoms with van der Waals surface area (Å²) in [7, 11) is 0. The van der Waals surface area contributed by atoms with Gasteiger partial charge in [0.05, 0.1) is 22.9 Å². The smallest absolute Gasteiger partial charge is 0.203 e. The Morgan fingerprint density at radius 1 is 1.03 bits per heavy atom. The molecule has 0 amide bonds. The highest BCUT2D eigenvalue weighted by molar-refractivity contribution is 7.78. The van der Waals surface area contributed by atoms with Crippen LogP contribution in [-0.2, 0) is 0 Å². The lowest BCUT2D eigenvalue weighted by Crippen LogP contribution is -2.29. The van der Waals surface area contributed by atoms with Crippen molar-refractivity contribution in [3.05, 3.63) is 65.5 Å². The second-order valence-corrected chi connectivity index (χ2v) is 8.56. The van der Waals surface area contributed by atoms with Crippen molar-refractivity contribution in [2.24, 2.45) is 4.99 Å². The maximum absolute atomic E-state index is 12.2. The van der Waals surface area contributed by atoms with Crippen LogP contribution >= 0.6 is 12.2 Å². The Balaban J connectivity index is 2.21. The number of hydrogen-bond acceptors (Lipinski definition) is 6. The van der Waals surface area contributed by atoms with Crippen LogP contribution in [0.4, 0.5) is 11.4 Å². The van der Waals surface area contributed by atoms with Gasteiger partial charge < -0.3 is 19.2 Å². The van der Waals surface area contributed by atoms with Crippen LogP contribution in [0.2, 0.25) is 0 Å². The molecule has 0 unspecified atom stereocenters. The fourth-order valence-corrected chi connectivity index (χ4v) is 4.92. The van der Waals surface area contributed by atoms with Gasteiger partial charge in [0.25, 0.3) is 0 Å². The summed E-state index contributed by atoms with van der Waals surface area (Å²) < 4.78 is 8.72. The van der Waals surface area contributed by atoms with E-state index in [0.29, 0.717) is 28.2 Å². The van der Waals surface area contributed by atoms with Gasteiger partial charge in [-0.05, 0) is 64.2 Å². The van der Waals surface area contributed by atoms with Crippen LogP contribution < -0.4 is 19.9 Å². The minimum Gasteiger partial charge on any atom is -0.545 e. The first-order valence-corrected chi connectivity index (χ1v) is 12.6. The summed E-state index contributed by atoms with van der Waals surface area (Å²) in [5.74, 6) is -0.628. The van der Waals surface area contributed by atoms with Gasteiger partial charge in [-0.2, -0.15) is 4.99 Å². The summed E-state index contributed by atoms with van der Waals surface area (Å²) in [6.45, 7) is 11.9. The van der Waals surface area contributed by atoms with Crippen LogP contribution in [0.3, 0.4) is 0 Å². The Morgan fingerprint density at radius 2 is 1.78 bits per heavy atom. The van der Waals surface area contributed by atoms with Crippen molar-refractivity contribution < 1.29 is 14.3 Å². The highest BCUT2D eigenvalue weighted by Crippen LogP contribution is 2.45. The number of carbonyl (C=O) groups is 1. The van der Waals surface area contributed by atoms with Crippen molar-refractivity contribution in [1.82, 2.24) is 4.58 Å². The van der Waals surface area contributed by atoms with Gasteiger partial charge in [-0.25, -0.2) is 4.58 Å². The lowest BCUT2D eigenvalue weighted by atomic mass is 9.89. The number of thiocarbonyl (C=S) groups is 1. The summed E-state index contributed by atoms with van der Waals surface area (Å²) in [6, 6.07) is 17.0. The van der Waals surface area contributed by atoms with E-state index < -0.39 is 5.97 Å². The third kappa shape index (κ3) is 4.55. The first-order chi connectivity index (χ1) is 17.5. The summed E-state index contributed by atoms with van der Waals surface area (Å²) in [4.78, 5) is 18.7. The summed E-state index contributed by atoms with van der Waals surface area (Å²) in [5.41, 5.74) is 4.08. The zero-order valence-corrected chi connectivity index (χ0v) is 21.8. The highest BCUT2D eigenvalue weighted by Gasteiger charge is 2.23. The van der Waals surface area contributed by atoms with E-state index in [1.54, 1.807) is 12.1 Å². The third-order valence-corrected chi connectivity index (χ3v) is 6.72. The molecule has 0 saturated heterocycles. The first-order valence-electron chi connectivity index (χ1n) is 12.2. The molecule has 1 heterocycles. The number of anilines is 1. The normalized spacial score (nSPS) is 10.9. The molecule has 2 aliphatic rings. The molecule has 6 nitrogen and oxygen atoms in total. The number of aliphatic imine (C=N–C) groups is 1. The second-order valence-electron chi connectivity index (χ2n) is 8.37. The Morgan fingerprint density at radius 3 is 2.42 bits per heavy atom. The second kappa shape index (κ2) is 10.9. The summed E-state index contributed by atoms with van der Waals surface area (Å²) in [6.07, 6.45) is 0. The van der Waals surface area contributed by atoms with Gasteiger partial charge in [-0.3, -0.25) is 0 Å². The zero-order chi connectivity index (χ0) is 25.8. The van der Waals surface area contributed by atoms with E-state index in [2.05, 4.69) is 47.3 Å². The third-order valence-electron chi connectivity index (χ3n) is 6.62. The average molecular weight is 500 g/mol. The average Bonchev–Trinajstić information content (AvgIpc) is 2.89. The largest absolute Gasteiger partial charge is 0.545 e. The molecular weight excluding hydrogens is 470 g/mol. The number of isothiocyanates is 1. The van der Waals surface area contributed by atoms with Crippen LogP contribution in [0.25, 0.3) is 33.4 Å². The highest BCUT2D eigenvalue weighted by atomic mass is 32.1. The standard InChI is InChI=1S/C29H29N3O3S/c1-5-31(6-2)19-12-14-21-25(16-19)35-26-17-20(32(7-3)8-4)13-15-22(26)27(21)28-23(29(33)34)10-9-11-24(28)30-18-36/h9-17H,5-8H2,1-4H3. The fourth-order valence-electron chi connectivity index (χ4n) is 4.82. The van der Waals surface area contributed by atoms with Gasteiger partial charge in [0.1, 0.15) is 24.4 Å². The maximum Gasteiger partial charge on any atom is 0.203 e.